The summed E-state index contributed by atoms with van der Waals surface area (Å²) in [6, 6.07) is 8.19. The van der Waals surface area contributed by atoms with E-state index >= 15 is 0 Å². The maximum atomic E-state index is 13.8. The van der Waals surface area contributed by atoms with E-state index in [9.17, 15) is 27.9 Å². The summed E-state index contributed by atoms with van der Waals surface area (Å²) in [4.78, 5) is 27.9. The van der Waals surface area contributed by atoms with E-state index in [2.05, 4.69) is 10.2 Å². The van der Waals surface area contributed by atoms with Gasteiger partial charge in [-0.15, -0.1) is 0 Å². The van der Waals surface area contributed by atoms with Gasteiger partial charge in [0.1, 0.15) is 0 Å². The topological polar surface area (TPSA) is 72.9 Å². The standard InChI is InChI=1S/C23H26F3N3O3/c1-14-4-7-17(11-19(14)22(31)32)27-21(30)15-5-6-16(20(10-15)23(24,25)26)12-29-9-8-18(13-29)28(2)3/h4-7,10-11,18H,8-9,12-13H2,1-3H3,(H,27,30)(H,31,32)/t18-/m0/s1. The molecule has 3 rings (SSSR count). The molecule has 6 nitrogen and oxygen atoms in total. The number of nitrogens with one attached hydrogen (secondary N) is 1. The molecule has 0 aliphatic carbocycles. The van der Waals surface area contributed by atoms with Gasteiger partial charge in [0.2, 0.25) is 0 Å². The molecule has 0 bridgehead atoms. The Labute approximate surface area is 184 Å². The molecule has 0 unspecified atom stereocenters. The summed E-state index contributed by atoms with van der Waals surface area (Å²) in [7, 11) is 3.91. The summed E-state index contributed by atoms with van der Waals surface area (Å²) >= 11 is 0. The van der Waals surface area contributed by atoms with E-state index in [1.54, 1.807) is 6.92 Å². The van der Waals surface area contributed by atoms with Gasteiger partial charge in [-0.3, -0.25) is 9.69 Å². The molecule has 0 saturated carbocycles. The van der Waals surface area contributed by atoms with Crippen molar-refractivity contribution < 1.29 is 27.9 Å². The van der Waals surface area contributed by atoms with Crippen LogP contribution in [-0.4, -0.2) is 60.0 Å². The second kappa shape index (κ2) is 9.30. The van der Waals surface area contributed by atoms with Crippen molar-refractivity contribution in [1.82, 2.24) is 9.80 Å². The third-order valence-corrected chi connectivity index (χ3v) is 5.78. The number of benzene rings is 2. The van der Waals surface area contributed by atoms with Gasteiger partial charge >= 0.3 is 12.1 Å². The highest BCUT2D eigenvalue weighted by atomic mass is 19.4. The maximum Gasteiger partial charge on any atom is 0.416 e. The van der Waals surface area contributed by atoms with Gasteiger partial charge in [0.05, 0.1) is 11.1 Å². The predicted molar refractivity (Wildman–Crippen MR) is 115 cm³/mol. The van der Waals surface area contributed by atoms with Gasteiger partial charge in [0.25, 0.3) is 5.91 Å². The van der Waals surface area contributed by atoms with Gasteiger partial charge in [-0.05, 0) is 62.8 Å². The molecule has 172 valence electrons. The fourth-order valence-electron chi connectivity index (χ4n) is 3.87. The highest BCUT2D eigenvalue weighted by Gasteiger charge is 2.35. The molecule has 1 amide bonds. The lowest BCUT2D eigenvalue weighted by Crippen LogP contribution is -2.31. The van der Waals surface area contributed by atoms with Crippen LogP contribution in [-0.2, 0) is 12.7 Å². The Balaban J connectivity index is 1.82. The molecule has 0 radical (unpaired) electrons. The van der Waals surface area contributed by atoms with Crippen LogP contribution >= 0.6 is 0 Å². The summed E-state index contributed by atoms with van der Waals surface area (Å²) in [6.07, 6.45) is -3.71. The molecule has 1 aliphatic rings. The zero-order valence-corrected chi connectivity index (χ0v) is 18.2. The van der Waals surface area contributed by atoms with Crippen LogP contribution in [0.1, 0.15) is 43.8 Å². The van der Waals surface area contributed by atoms with Crippen LogP contribution in [0.5, 0.6) is 0 Å². The first kappa shape index (κ1) is 23.7. The number of hydrogen-bond acceptors (Lipinski definition) is 4. The predicted octanol–water partition coefficient (Wildman–Crippen LogP) is 4.10. The number of aromatic carboxylic acids is 1. The van der Waals surface area contributed by atoms with E-state index in [-0.39, 0.29) is 28.9 Å². The highest BCUT2D eigenvalue weighted by molar-refractivity contribution is 6.05. The number of rotatable bonds is 6. The quantitative estimate of drug-likeness (QED) is 0.695. The molecule has 9 heteroatoms. The second-order valence-electron chi connectivity index (χ2n) is 8.30. The summed E-state index contributed by atoms with van der Waals surface area (Å²) < 4.78 is 41.3. The van der Waals surface area contributed by atoms with Crippen molar-refractivity contribution >= 4 is 17.6 Å². The van der Waals surface area contributed by atoms with Crippen molar-refractivity contribution in [1.29, 1.82) is 0 Å². The summed E-state index contributed by atoms with van der Waals surface area (Å²) in [6.45, 7) is 3.17. The van der Waals surface area contributed by atoms with Gasteiger partial charge in [-0.25, -0.2) is 4.79 Å². The number of anilines is 1. The average molecular weight is 449 g/mol. The number of likely N-dealkylation sites (tertiary alicyclic amines) is 1. The molecule has 1 fully saturated rings. The summed E-state index contributed by atoms with van der Waals surface area (Å²) in [5, 5.41) is 11.7. The van der Waals surface area contributed by atoms with Crippen molar-refractivity contribution in [3.8, 4) is 0 Å². The van der Waals surface area contributed by atoms with Gasteiger partial charge in [0, 0.05) is 36.9 Å². The number of likely N-dealkylation sites (N-methyl/N-ethyl adjacent to an activating group) is 1. The number of carbonyl (C=O) groups excluding carboxylic acids is 1. The molecular formula is C23H26F3N3O3. The van der Waals surface area contributed by atoms with Crippen LogP contribution in [0.25, 0.3) is 0 Å². The Morgan fingerprint density at radius 2 is 1.91 bits per heavy atom. The van der Waals surface area contributed by atoms with E-state index in [0.717, 1.165) is 12.5 Å². The molecule has 0 aromatic heterocycles. The normalized spacial score (nSPS) is 17.0. The Kier molecular flexibility index (Phi) is 6.90. The number of amides is 1. The lowest BCUT2D eigenvalue weighted by Gasteiger charge is -2.22. The Hall–Kier alpha value is -2.91. The van der Waals surface area contributed by atoms with Crippen LogP contribution in [0.2, 0.25) is 0 Å². The number of halogens is 3. The number of carbonyl (C=O) groups is 2. The summed E-state index contributed by atoms with van der Waals surface area (Å²) in [5.41, 5.74) is -0.146. The first-order valence-corrected chi connectivity index (χ1v) is 10.2. The molecule has 2 aromatic carbocycles. The molecular weight excluding hydrogens is 423 g/mol. The lowest BCUT2D eigenvalue weighted by molar-refractivity contribution is -0.138. The minimum absolute atomic E-state index is 0.00997. The van der Waals surface area contributed by atoms with Crippen LogP contribution in [0.15, 0.2) is 36.4 Å². The average Bonchev–Trinajstić information content (AvgIpc) is 3.17. The SMILES string of the molecule is Cc1ccc(NC(=O)c2ccc(CN3CC[C@H](N(C)C)C3)c(C(F)(F)F)c2)cc1C(=O)O. The molecule has 2 aromatic rings. The van der Waals surface area contributed by atoms with Crippen molar-refractivity contribution in [2.24, 2.45) is 0 Å². The van der Waals surface area contributed by atoms with Crippen molar-refractivity contribution in [3.05, 3.63) is 64.2 Å². The third kappa shape index (κ3) is 5.46. The number of aryl methyl sites for hydroxylation is 1. The van der Waals surface area contributed by atoms with Crippen LogP contribution in [0.3, 0.4) is 0 Å². The van der Waals surface area contributed by atoms with Crippen LogP contribution in [0.4, 0.5) is 18.9 Å². The minimum Gasteiger partial charge on any atom is -0.478 e. The lowest BCUT2D eigenvalue weighted by atomic mass is 10.0. The smallest absolute Gasteiger partial charge is 0.416 e. The monoisotopic (exact) mass is 449 g/mol. The van der Waals surface area contributed by atoms with Gasteiger partial charge in [-0.2, -0.15) is 13.2 Å². The first-order valence-electron chi connectivity index (χ1n) is 10.2. The molecule has 2 N–H and O–H groups in total. The maximum absolute atomic E-state index is 13.8. The van der Waals surface area contributed by atoms with E-state index in [4.69, 9.17) is 0 Å². The fraction of sp³-hybridized carbons (Fsp3) is 0.391. The van der Waals surface area contributed by atoms with E-state index in [0.29, 0.717) is 24.7 Å². The van der Waals surface area contributed by atoms with Gasteiger partial charge in [0.15, 0.2) is 0 Å². The number of carboxylic acids is 1. The number of nitrogens with zero attached hydrogens (tertiary/aromatic N) is 2. The number of carboxylic acid groups (broad SMARTS) is 1. The van der Waals surface area contributed by atoms with Crippen molar-refractivity contribution in [2.45, 2.75) is 32.1 Å². The second-order valence-corrected chi connectivity index (χ2v) is 8.30. The molecule has 0 spiro atoms. The van der Waals surface area contributed by atoms with E-state index < -0.39 is 23.6 Å². The number of alkyl halides is 3. The van der Waals surface area contributed by atoms with Crippen LogP contribution in [0, 0.1) is 6.92 Å². The van der Waals surface area contributed by atoms with Crippen molar-refractivity contribution in [2.75, 3.05) is 32.5 Å². The molecule has 1 aliphatic heterocycles. The zero-order chi connectivity index (χ0) is 23.6. The Morgan fingerprint density at radius 1 is 1.19 bits per heavy atom. The molecule has 1 atom stereocenters. The molecule has 32 heavy (non-hydrogen) atoms. The van der Waals surface area contributed by atoms with Gasteiger partial charge in [-0.1, -0.05) is 12.1 Å². The Morgan fingerprint density at radius 3 is 2.50 bits per heavy atom. The summed E-state index contributed by atoms with van der Waals surface area (Å²) in [5.74, 6) is -1.89. The van der Waals surface area contributed by atoms with Gasteiger partial charge < -0.3 is 15.3 Å². The largest absolute Gasteiger partial charge is 0.478 e. The number of hydrogen-bond donors (Lipinski definition) is 2. The van der Waals surface area contributed by atoms with Crippen molar-refractivity contribution in [3.63, 3.8) is 0 Å². The third-order valence-electron chi connectivity index (χ3n) is 5.78. The minimum atomic E-state index is -4.60. The van der Waals surface area contributed by atoms with E-state index in [1.165, 1.54) is 30.3 Å². The van der Waals surface area contributed by atoms with E-state index in [1.807, 2.05) is 19.0 Å². The Bertz CT molecular complexity index is 1020. The highest BCUT2D eigenvalue weighted by Crippen LogP contribution is 2.34. The molecule has 1 heterocycles. The fourth-order valence-corrected chi connectivity index (χ4v) is 3.87. The molecule has 1 saturated heterocycles. The first-order chi connectivity index (χ1) is 15.0. The zero-order valence-electron chi connectivity index (χ0n) is 18.2. The van der Waals surface area contributed by atoms with Crippen LogP contribution < -0.4 is 5.32 Å².